The Balaban J connectivity index is 1.38. The molecule has 3 aromatic rings. The summed E-state index contributed by atoms with van der Waals surface area (Å²) in [6.45, 7) is 4.38. The number of piperidine rings is 1. The Kier molecular flexibility index (Phi) is 5.67. The fourth-order valence-electron chi connectivity index (χ4n) is 3.70. The Hall–Kier alpha value is -2.73. The summed E-state index contributed by atoms with van der Waals surface area (Å²) in [5.41, 5.74) is 1.89. The molecule has 0 atom stereocenters. The highest BCUT2D eigenvalue weighted by atomic mass is 32.1. The van der Waals surface area contributed by atoms with Crippen molar-refractivity contribution in [3.05, 3.63) is 60.0 Å². The Labute approximate surface area is 169 Å². The summed E-state index contributed by atoms with van der Waals surface area (Å²) in [5, 5.41) is 10.8. The van der Waals surface area contributed by atoms with Gasteiger partial charge in [0.2, 0.25) is 5.91 Å². The summed E-state index contributed by atoms with van der Waals surface area (Å²) in [5.74, 6) is 1.18. The summed E-state index contributed by atoms with van der Waals surface area (Å²) in [4.78, 5) is 18.3. The van der Waals surface area contributed by atoms with E-state index in [0.717, 1.165) is 48.0 Å². The molecule has 4 rings (SSSR count). The van der Waals surface area contributed by atoms with Crippen molar-refractivity contribution in [3.63, 3.8) is 0 Å². The molecule has 1 aliphatic rings. The number of rotatable bonds is 5. The van der Waals surface area contributed by atoms with Crippen molar-refractivity contribution < 1.29 is 4.79 Å². The van der Waals surface area contributed by atoms with Crippen molar-refractivity contribution in [2.75, 3.05) is 29.4 Å². The molecular formula is C22H24N4OS. The van der Waals surface area contributed by atoms with Crippen LogP contribution in [0.25, 0.3) is 10.6 Å². The van der Waals surface area contributed by atoms with Gasteiger partial charge < -0.3 is 9.80 Å². The zero-order valence-corrected chi connectivity index (χ0v) is 16.8. The third kappa shape index (κ3) is 3.92. The van der Waals surface area contributed by atoms with Crippen LogP contribution in [0.15, 0.2) is 60.0 Å². The van der Waals surface area contributed by atoms with Crippen LogP contribution in [0.3, 0.4) is 0 Å². The summed E-state index contributed by atoms with van der Waals surface area (Å²) in [6.07, 6.45) is 1.69. The summed E-state index contributed by atoms with van der Waals surface area (Å²) < 4.78 is 0. The maximum absolute atomic E-state index is 13.0. The Morgan fingerprint density at radius 3 is 2.46 bits per heavy atom. The minimum atomic E-state index is 0.0646. The summed E-state index contributed by atoms with van der Waals surface area (Å²) in [7, 11) is 0. The first kappa shape index (κ1) is 18.6. The molecule has 0 aliphatic carbocycles. The van der Waals surface area contributed by atoms with E-state index < -0.39 is 0 Å². The molecule has 1 saturated heterocycles. The van der Waals surface area contributed by atoms with Crippen LogP contribution in [0.5, 0.6) is 0 Å². The highest BCUT2D eigenvalue weighted by molar-refractivity contribution is 7.13. The van der Waals surface area contributed by atoms with Crippen molar-refractivity contribution in [3.8, 4) is 10.6 Å². The lowest BCUT2D eigenvalue weighted by molar-refractivity contribution is -0.122. The van der Waals surface area contributed by atoms with Gasteiger partial charge in [0.1, 0.15) is 5.69 Å². The molecule has 3 heterocycles. The number of amides is 1. The molecule has 6 heteroatoms. The van der Waals surface area contributed by atoms with E-state index in [-0.39, 0.29) is 11.8 Å². The number of aromatic nitrogens is 2. The fraction of sp³-hybridized carbons (Fsp3) is 0.318. The number of hydrogen-bond donors (Lipinski definition) is 0. The molecule has 0 spiro atoms. The van der Waals surface area contributed by atoms with Gasteiger partial charge in [0, 0.05) is 31.2 Å². The zero-order chi connectivity index (χ0) is 19.3. The van der Waals surface area contributed by atoms with Crippen LogP contribution < -0.4 is 9.80 Å². The molecule has 0 radical (unpaired) electrons. The van der Waals surface area contributed by atoms with Crippen molar-refractivity contribution >= 4 is 28.7 Å². The quantitative estimate of drug-likeness (QED) is 0.643. The first-order valence-electron chi connectivity index (χ1n) is 9.75. The van der Waals surface area contributed by atoms with Gasteiger partial charge in [0.25, 0.3) is 0 Å². The molecule has 144 valence electrons. The Morgan fingerprint density at radius 2 is 1.86 bits per heavy atom. The number of hydrogen-bond acceptors (Lipinski definition) is 5. The normalized spacial score (nSPS) is 14.8. The van der Waals surface area contributed by atoms with E-state index in [9.17, 15) is 4.79 Å². The maximum Gasteiger partial charge on any atom is 0.230 e. The van der Waals surface area contributed by atoms with Gasteiger partial charge in [-0.1, -0.05) is 24.3 Å². The third-order valence-electron chi connectivity index (χ3n) is 5.24. The van der Waals surface area contributed by atoms with Gasteiger partial charge >= 0.3 is 0 Å². The molecule has 0 saturated carbocycles. The molecule has 5 nitrogen and oxygen atoms in total. The van der Waals surface area contributed by atoms with Gasteiger partial charge in [-0.25, -0.2) is 0 Å². The first-order valence-corrected chi connectivity index (χ1v) is 10.6. The molecule has 0 bridgehead atoms. The molecule has 1 aliphatic heterocycles. The molecule has 0 N–H and O–H groups in total. The first-order chi connectivity index (χ1) is 13.8. The van der Waals surface area contributed by atoms with Crippen LogP contribution >= 0.6 is 11.3 Å². The highest BCUT2D eigenvalue weighted by Crippen LogP contribution is 2.27. The highest BCUT2D eigenvalue weighted by Gasteiger charge is 2.29. The van der Waals surface area contributed by atoms with E-state index >= 15 is 0 Å². The lowest BCUT2D eigenvalue weighted by Crippen LogP contribution is -2.43. The summed E-state index contributed by atoms with van der Waals surface area (Å²) in [6, 6.07) is 18.1. The smallest absolute Gasteiger partial charge is 0.230 e. The number of para-hydroxylation sites is 1. The Morgan fingerprint density at radius 1 is 1.07 bits per heavy atom. The minimum Gasteiger partial charge on any atom is -0.355 e. The van der Waals surface area contributed by atoms with E-state index in [1.54, 1.807) is 11.3 Å². The van der Waals surface area contributed by atoms with E-state index in [1.807, 2.05) is 65.7 Å². The number of thiophene rings is 1. The second-order valence-electron chi connectivity index (χ2n) is 6.93. The minimum absolute atomic E-state index is 0.0646. The van der Waals surface area contributed by atoms with Gasteiger partial charge in [-0.2, -0.15) is 0 Å². The molecule has 1 aromatic carbocycles. The van der Waals surface area contributed by atoms with Crippen LogP contribution in [-0.2, 0) is 4.79 Å². The molecular weight excluding hydrogens is 368 g/mol. The second-order valence-corrected chi connectivity index (χ2v) is 7.88. The molecule has 2 aromatic heterocycles. The number of carbonyl (C=O) groups excluding carboxylic acids is 1. The largest absolute Gasteiger partial charge is 0.355 e. The standard InChI is InChI=1S/C22H24N4OS/c1-2-26(18-7-4-3-5-8-18)22(27)17-12-14-25(15-13-17)21-11-10-19(23-24-21)20-9-6-16-28-20/h3-11,16-17H,2,12-15H2,1H3. The maximum atomic E-state index is 13.0. The molecule has 28 heavy (non-hydrogen) atoms. The number of carbonyl (C=O) groups is 1. The van der Waals surface area contributed by atoms with Crippen molar-refractivity contribution in [1.29, 1.82) is 0 Å². The van der Waals surface area contributed by atoms with Crippen LogP contribution in [0, 0.1) is 5.92 Å². The number of benzene rings is 1. The average Bonchev–Trinajstić information content (AvgIpc) is 3.30. The van der Waals surface area contributed by atoms with Crippen LogP contribution in [0.4, 0.5) is 11.5 Å². The van der Waals surface area contributed by atoms with E-state index in [2.05, 4.69) is 21.2 Å². The second kappa shape index (κ2) is 8.52. The topological polar surface area (TPSA) is 49.3 Å². The molecule has 0 unspecified atom stereocenters. The predicted octanol–water partition coefficient (Wildman–Crippen LogP) is 4.47. The van der Waals surface area contributed by atoms with E-state index in [0.29, 0.717) is 6.54 Å². The average molecular weight is 393 g/mol. The third-order valence-corrected chi connectivity index (χ3v) is 6.13. The van der Waals surface area contributed by atoms with Gasteiger partial charge in [-0.05, 0) is 55.5 Å². The van der Waals surface area contributed by atoms with E-state index in [4.69, 9.17) is 0 Å². The monoisotopic (exact) mass is 392 g/mol. The van der Waals surface area contributed by atoms with E-state index in [1.165, 1.54) is 0 Å². The zero-order valence-electron chi connectivity index (χ0n) is 16.0. The number of anilines is 2. The van der Waals surface area contributed by atoms with Gasteiger partial charge in [-0.15, -0.1) is 21.5 Å². The van der Waals surface area contributed by atoms with Gasteiger partial charge in [0.15, 0.2) is 5.82 Å². The van der Waals surface area contributed by atoms with Crippen LogP contribution in [0.1, 0.15) is 19.8 Å². The number of nitrogens with zero attached hydrogens (tertiary/aromatic N) is 4. The van der Waals surface area contributed by atoms with Gasteiger partial charge in [0.05, 0.1) is 4.88 Å². The lowest BCUT2D eigenvalue weighted by Gasteiger charge is -2.34. The predicted molar refractivity (Wildman–Crippen MR) is 115 cm³/mol. The van der Waals surface area contributed by atoms with Crippen LogP contribution in [-0.4, -0.2) is 35.7 Å². The Bertz CT molecular complexity index is 888. The molecule has 1 amide bonds. The fourth-order valence-corrected chi connectivity index (χ4v) is 4.39. The lowest BCUT2D eigenvalue weighted by atomic mass is 9.95. The summed E-state index contributed by atoms with van der Waals surface area (Å²) >= 11 is 1.67. The molecule has 1 fully saturated rings. The van der Waals surface area contributed by atoms with Gasteiger partial charge in [-0.3, -0.25) is 4.79 Å². The van der Waals surface area contributed by atoms with Crippen LogP contribution in [0.2, 0.25) is 0 Å². The van der Waals surface area contributed by atoms with Crippen molar-refractivity contribution in [2.24, 2.45) is 5.92 Å². The van der Waals surface area contributed by atoms with Crippen molar-refractivity contribution in [1.82, 2.24) is 10.2 Å². The SMILES string of the molecule is CCN(C(=O)C1CCN(c2ccc(-c3cccs3)nn2)CC1)c1ccccc1. The van der Waals surface area contributed by atoms with Crippen molar-refractivity contribution in [2.45, 2.75) is 19.8 Å².